The van der Waals surface area contributed by atoms with Crippen LogP contribution in [0.3, 0.4) is 0 Å². The second-order valence-electron chi connectivity index (χ2n) is 5.72. The number of rotatable bonds is 7. The second-order valence-corrected chi connectivity index (χ2v) is 5.72. The Balaban J connectivity index is 2.16. The SMILES string of the molecule is CCCCN(Cc1cccnc1)C(=O)Nc1c(C)cccc1OC. The van der Waals surface area contributed by atoms with Gasteiger partial charge in [0, 0.05) is 25.5 Å². The number of aryl methyl sites for hydroxylation is 1. The number of amides is 2. The van der Waals surface area contributed by atoms with Crippen molar-refractivity contribution in [3.8, 4) is 5.75 Å². The number of carbonyl (C=O) groups is 1. The van der Waals surface area contributed by atoms with Crippen molar-refractivity contribution in [1.29, 1.82) is 0 Å². The molecule has 2 aromatic rings. The number of unbranched alkanes of at least 4 members (excludes halogenated alkanes) is 1. The van der Waals surface area contributed by atoms with Crippen LogP contribution in [0.15, 0.2) is 42.7 Å². The van der Waals surface area contributed by atoms with E-state index in [4.69, 9.17) is 4.74 Å². The summed E-state index contributed by atoms with van der Waals surface area (Å²) in [5.74, 6) is 0.667. The first-order valence-corrected chi connectivity index (χ1v) is 8.24. The fraction of sp³-hybridized carbons (Fsp3) is 0.368. The summed E-state index contributed by atoms with van der Waals surface area (Å²) in [5.41, 5.74) is 2.71. The molecule has 1 aromatic heterocycles. The van der Waals surface area contributed by atoms with E-state index in [-0.39, 0.29) is 6.03 Å². The standard InChI is InChI=1S/C19H25N3O2/c1-4-5-12-22(14-16-9-7-11-20-13-16)19(23)21-18-15(2)8-6-10-17(18)24-3/h6-11,13H,4-5,12,14H2,1-3H3,(H,21,23). The third kappa shape index (κ3) is 4.72. The predicted molar refractivity (Wildman–Crippen MR) is 96.3 cm³/mol. The zero-order chi connectivity index (χ0) is 17.4. The Labute approximate surface area is 143 Å². The smallest absolute Gasteiger partial charge is 0.322 e. The lowest BCUT2D eigenvalue weighted by atomic mass is 10.2. The number of aromatic nitrogens is 1. The Hall–Kier alpha value is -2.56. The molecule has 5 nitrogen and oxygen atoms in total. The molecule has 0 bridgehead atoms. The van der Waals surface area contributed by atoms with Gasteiger partial charge in [-0.25, -0.2) is 4.79 Å². The lowest BCUT2D eigenvalue weighted by Gasteiger charge is -2.24. The van der Waals surface area contributed by atoms with Gasteiger partial charge in [-0.15, -0.1) is 0 Å². The Kier molecular flexibility index (Phi) is 6.61. The molecule has 1 heterocycles. The molecule has 2 amide bonds. The monoisotopic (exact) mass is 327 g/mol. The Morgan fingerprint density at radius 3 is 2.79 bits per heavy atom. The van der Waals surface area contributed by atoms with Gasteiger partial charge in [-0.05, 0) is 36.6 Å². The summed E-state index contributed by atoms with van der Waals surface area (Å²) in [4.78, 5) is 18.7. The molecule has 2 rings (SSSR count). The van der Waals surface area contributed by atoms with Crippen LogP contribution >= 0.6 is 0 Å². The molecule has 0 saturated heterocycles. The van der Waals surface area contributed by atoms with Gasteiger partial charge < -0.3 is 15.0 Å². The molecule has 128 valence electrons. The minimum Gasteiger partial charge on any atom is -0.495 e. The summed E-state index contributed by atoms with van der Waals surface area (Å²) in [6, 6.07) is 9.45. The van der Waals surface area contributed by atoms with Gasteiger partial charge in [0.1, 0.15) is 5.75 Å². The van der Waals surface area contributed by atoms with Crippen LogP contribution in [-0.2, 0) is 6.54 Å². The predicted octanol–water partition coefficient (Wildman–Crippen LogP) is 4.23. The van der Waals surface area contributed by atoms with Gasteiger partial charge in [-0.3, -0.25) is 4.98 Å². The maximum Gasteiger partial charge on any atom is 0.322 e. The highest BCUT2D eigenvalue weighted by Crippen LogP contribution is 2.28. The maximum absolute atomic E-state index is 12.8. The number of hydrogen-bond donors (Lipinski definition) is 1. The van der Waals surface area contributed by atoms with E-state index in [1.807, 2.05) is 42.2 Å². The van der Waals surface area contributed by atoms with E-state index >= 15 is 0 Å². The van der Waals surface area contributed by atoms with E-state index in [1.54, 1.807) is 19.5 Å². The van der Waals surface area contributed by atoms with Gasteiger partial charge in [-0.2, -0.15) is 0 Å². The van der Waals surface area contributed by atoms with Crippen molar-refractivity contribution in [1.82, 2.24) is 9.88 Å². The first-order valence-electron chi connectivity index (χ1n) is 8.24. The van der Waals surface area contributed by atoms with Crippen molar-refractivity contribution in [2.45, 2.75) is 33.2 Å². The van der Waals surface area contributed by atoms with Crippen molar-refractivity contribution < 1.29 is 9.53 Å². The lowest BCUT2D eigenvalue weighted by molar-refractivity contribution is 0.208. The van der Waals surface area contributed by atoms with Crippen molar-refractivity contribution in [2.24, 2.45) is 0 Å². The van der Waals surface area contributed by atoms with E-state index in [0.717, 1.165) is 29.7 Å². The number of benzene rings is 1. The first kappa shape index (κ1) is 17.8. The van der Waals surface area contributed by atoms with Gasteiger partial charge in [0.05, 0.1) is 12.8 Å². The fourth-order valence-corrected chi connectivity index (χ4v) is 2.47. The summed E-state index contributed by atoms with van der Waals surface area (Å²) in [6.07, 6.45) is 5.52. The van der Waals surface area contributed by atoms with E-state index in [1.165, 1.54) is 0 Å². The molecule has 0 unspecified atom stereocenters. The zero-order valence-electron chi connectivity index (χ0n) is 14.6. The van der Waals surface area contributed by atoms with Gasteiger partial charge in [0.25, 0.3) is 0 Å². The topological polar surface area (TPSA) is 54.5 Å². The highest BCUT2D eigenvalue weighted by Gasteiger charge is 2.17. The minimum absolute atomic E-state index is 0.125. The number of nitrogens with zero attached hydrogens (tertiary/aromatic N) is 2. The number of nitrogens with one attached hydrogen (secondary N) is 1. The van der Waals surface area contributed by atoms with E-state index in [2.05, 4.69) is 17.2 Å². The molecule has 0 aliphatic carbocycles. The number of carbonyl (C=O) groups excluding carboxylic acids is 1. The van der Waals surface area contributed by atoms with E-state index in [9.17, 15) is 4.79 Å². The number of pyridine rings is 1. The van der Waals surface area contributed by atoms with Crippen LogP contribution in [0.2, 0.25) is 0 Å². The van der Waals surface area contributed by atoms with Gasteiger partial charge >= 0.3 is 6.03 Å². The average molecular weight is 327 g/mol. The van der Waals surface area contributed by atoms with Crippen LogP contribution in [0.5, 0.6) is 5.75 Å². The second kappa shape index (κ2) is 8.91. The summed E-state index contributed by atoms with van der Waals surface area (Å²) in [6.45, 7) is 5.31. The lowest BCUT2D eigenvalue weighted by Crippen LogP contribution is -2.35. The fourth-order valence-electron chi connectivity index (χ4n) is 2.47. The largest absolute Gasteiger partial charge is 0.495 e. The van der Waals surface area contributed by atoms with Gasteiger partial charge in [0.2, 0.25) is 0 Å². The Bertz CT molecular complexity index is 659. The van der Waals surface area contributed by atoms with Crippen molar-refractivity contribution in [3.63, 3.8) is 0 Å². The van der Waals surface area contributed by atoms with Crippen LogP contribution in [0.4, 0.5) is 10.5 Å². The third-order valence-electron chi connectivity index (χ3n) is 3.85. The third-order valence-corrected chi connectivity index (χ3v) is 3.85. The molecule has 0 atom stereocenters. The molecule has 0 saturated carbocycles. The highest BCUT2D eigenvalue weighted by molar-refractivity contribution is 5.92. The quantitative estimate of drug-likeness (QED) is 0.828. The highest BCUT2D eigenvalue weighted by atomic mass is 16.5. The minimum atomic E-state index is -0.125. The summed E-state index contributed by atoms with van der Waals surface area (Å²) in [7, 11) is 1.61. The van der Waals surface area contributed by atoms with Crippen LogP contribution in [-0.4, -0.2) is 29.6 Å². The summed E-state index contributed by atoms with van der Waals surface area (Å²) >= 11 is 0. The van der Waals surface area contributed by atoms with Crippen molar-refractivity contribution in [3.05, 3.63) is 53.9 Å². The van der Waals surface area contributed by atoms with Crippen LogP contribution < -0.4 is 10.1 Å². The van der Waals surface area contributed by atoms with Crippen LogP contribution in [0.1, 0.15) is 30.9 Å². The number of urea groups is 1. The number of methoxy groups -OCH3 is 1. The number of anilines is 1. The molecule has 0 aliphatic rings. The average Bonchev–Trinajstić information content (AvgIpc) is 2.61. The van der Waals surface area contributed by atoms with Crippen LogP contribution in [0, 0.1) is 6.92 Å². The Morgan fingerprint density at radius 2 is 2.12 bits per heavy atom. The van der Waals surface area contributed by atoms with Gasteiger partial charge in [0.15, 0.2) is 0 Å². The van der Waals surface area contributed by atoms with E-state index in [0.29, 0.717) is 18.8 Å². The van der Waals surface area contributed by atoms with Crippen molar-refractivity contribution in [2.75, 3.05) is 19.0 Å². The molecule has 1 aromatic carbocycles. The number of para-hydroxylation sites is 1. The maximum atomic E-state index is 12.8. The summed E-state index contributed by atoms with van der Waals surface area (Å²) < 4.78 is 5.36. The van der Waals surface area contributed by atoms with Gasteiger partial charge in [-0.1, -0.05) is 31.5 Å². The molecular weight excluding hydrogens is 302 g/mol. The number of ether oxygens (including phenoxy) is 1. The van der Waals surface area contributed by atoms with E-state index < -0.39 is 0 Å². The first-order chi connectivity index (χ1) is 11.7. The molecule has 0 spiro atoms. The molecule has 1 N–H and O–H groups in total. The number of hydrogen-bond acceptors (Lipinski definition) is 3. The molecule has 5 heteroatoms. The molecule has 0 fully saturated rings. The molecule has 0 radical (unpaired) electrons. The molecule has 24 heavy (non-hydrogen) atoms. The Morgan fingerprint density at radius 1 is 1.29 bits per heavy atom. The normalized spacial score (nSPS) is 10.3. The molecule has 0 aliphatic heterocycles. The zero-order valence-corrected chi connectivity index (χ0v) is 14.6. The van der Waals surface area contributed by atoms with Crippen LogP contribution in [0.25, 0.3) is 0 Å². The molecular formula is C19H25N3O2. The summed E-state index contributed by atoms with van der Waals surface area (Å²) in [5, 5.41) is 3.00. The van der Waals surface area contributed by atoms with Crippen molar-refractivity contribution >= 4 is 11.7 Å².